The number of rotatable bonds is 12. The number of hydrogen-bond donors (Lipinski definition) is 4. The van der Waals surface area contributed by atoms with Crippen LogP contribution in [0.3, 0.4) is 0 Å². The smallest absolute Gasteiger partial charge is 0.328 e. The largest absolute Gasteiger partial charge is 0.478 e. The van der Waals surface area contributed by atoms with Crippen molar-refractivity contribution in [3.05, 3.63) is 40.8 Å². The fourth-order valence-corrected chi connectivity index (χ4v) is 3.28. The van der Waals surface area contributed by atoms with E-state index in [9.17, 15) is 28.8 Å². The minimum Gasteiger partial charge on any atom is -0.478 e. The Labute approximate surface area is 209 Å². The van der Waals surface area contributed by atoms with Gasteiger partial charge in [0.05, 0.1) is 7.11 Å². The van der Waals surface area contributed by atoms with Crippen molar-refractivity contribution in [3.63, 3.8) is 0 Å². The van der Waals surface area contributed by atoms with Gasteiger partial charge in [-0.15, -0.1) is 0 Å². The topological polar surface area (TPSA) is 173 Å². The van der Waals surface area contributed by atoms with Crippen LogP contribution in [0.1, 0.15) is 47.0 Å². The van der Waals surface area contributed by atoms with Gasteiger partial charge in [0.25, 0.3) is 5.56 Å². The van der Waals surface area contributed by atoms with Crippen LogP contribution in [-0.4, -0.2) is 58.5 Å². The number of pyridine rings is 1. The van der Waals surface area contributed by atoms with Crippen LogP contribution in [0.4, 0.5) is 5.69 Å². The molecule has 12 heteroatoms. The van der Waals surface area contributed by atoms with E-state index in [1.54, 1.807) is 0 Å². The molecule has 0 radical (unpaired) electrons. The third kappa shape index (κ3) is 11.0. The van der Waals surface area contributed by atoms with E-state index in [-0.39, 0.29) is 23.9 Å². The van der Waals surface area contributed by atoms with Gasteiger partial charge < -0.3 is 30.4 Å². The maximum Gasteiger partial charge on any atom is 0.328 e. The van der Waals surface area contributed by atoms with Crippen LogP contribution >= 0.6 is 0 Å². The van der Waals surface area contributed by atoms with Gasteiger partial charge in [0, 0.05) is 19.2 Å². The Hall–Kier alpha value is -3.96. The number of aliphatic carboxylic acids is 1. The van der Waals surface area contributed by atoms with Gasteiger partial charge in [0.15, 0.2) is 0 Å². The fraction of sp³-hybridized carbons (Fsp3) is 0.500. The highest BCUT2D eigenvalue weighted by molar-refractivity contribution is 5.96. The quantitative estimate of drug-likeness (QED) is 0.238. The van der Waals surface area contributed by atoms with Gasteiger partial charge in [-0.3, -0.25) is 19.2 Å². The number of carboxylic acids is 1. The molecule has 198 valence electrons. The summed E-state index contributed by atoms with van der Waals surface area (Å²) in [7, 11) is 1.22. The van der Waals surface area contributed by atoms with Crippen molar-refractivity contribution in [2.75, 3.05) is 12.4 Å². The molecule has 0 aliphatic heterocycles. The maximum absolute atomic E-state index is 12.8. The molecule has 1 rings (SSSR count). The molecule has 1 aromatic heterocycles. The van der Waals surface area contributed by atoms with Crippen molar-refractivity contribution >= 4 is 35.3 Å². The highest BCUT2D eigenvalue weighted by Gasteiger charge is 2.27. The number of carboxylic acid groups (broad SMARTS) is 1. The van der Waals surface area contributed by atoms with Crippen LogP contribution in [0.15, 0.2) is 35.3 Å². The highest BCUT2D eigenvalue weighted by Crippen LogP contribution is 2.21. The summed E-state index contributed by atoms with van der Waals surface area (Å²) in [6, 6.07) is 0.895. The van der Waals surface area contributed by atoms with Gasteiger partial charge in [0.1, 0.15) is 24.3 Å². The molecular formula is C24H34N4O8. The number of esters is 1. The van der Waals surface area contributed by atoms with Gasteiger partial charge in [-0.2, -0.15) is 0 Å². The minimum absolute atomic E-state index is 0.0985. The second-order valence-corrected chi connectivity index (χ2v) is 9.32. The maximum atomic E-state index is 12.8. The minimum atomic E-state index is -1.14. The summed E-state index contributed by atoms with van der Waals surface area (Å²) in [6.45, 7) is 6.53. The van der Waals surface area contributed by atoms with Gasteiger partial charge in [-0.1, -0.05) is 26.8 Å². The van der Waals surface area contributed by atoms with E-state index in [0.717, 1.165) is 10.6 Å². The van der Waals surface area contributed by atoms with Crippen molar-refractivity contribution in [1.29, 1.82) is 0 Å². The predicted molar refractivity (Wildman–Crippen MR) is 131 cm³/mol. The van der Waals surface area contributed by atoms with Crippen LogP contribution in [-0.2, 0) is 35.3 Å². The average molecular weight is 507 g/mol. The van der Waals surface area contributed by atoms with Gasteiger partial charge >= 0.3 is 11.9 Å². The first-order chi connectivity index (χ1) is 16.7. The number of anilines is 1. The molecule has 0 aliphatic rings. The molecule has 12 nitrogen and oxygen atoms in total. The predicted octanol–water partition coefficient (Wildman–Crippen LogP) is 0.807. The number of carbonyl (C=O) groups is 5. The zero-order valence-electron chi connectivity index (χ0n) is 21.1. The van der Waals surface area contributed by atoms with Gasteiger partial charge in [-0.05, 0) is 36.8 Å². The lowest BCUT2D eigenvalue weighted by atomic mass is 9.88. The van der Waals surface area contributed by atoms with Crippen LogP contribution in [0, 0.1) is 5.41 Å². The number of nitrogens with one attached hydrogen (secondary N) is 3. The molecule has 1 unspecified atom stereocenters. The number of amides is 3. The third-order valence-electron chi connectivity index (χ3n) is 4.81. The van der Waals surface area contributed by atoms with E-state index in [1.807, 2.05) is 20.8 Å². The Balaban J connectivity index is 2.96. The molecule has 36 heavy (non-hydrogen) atoms. The number of allylic oxidation sites excluding steroid dienone is 1. The lowest BCUT2D eigenvalue weighted by molar-refractivity contribution is -0.146. The molecule has 1 aromatic rings. The second kappa shape index (κ2) is 13.8. The van der Waals surface area contributed by atoms with E-state index >= 15 is 0 Å². The Morgan fingerprint density at radius 2 is 1.81 bits per heavy atom. The van der Waals surface area contributed by atoms with Crippen LogP contribution in [0.5, 0.6) is 0 Å². The van der Waals surface area contributed by atoms with Crippen LogP contribution in [0.25, 0.3) is 0 Å². The first kappa shape index (κ1) is 30.1. The normalized spacial score (nSPS) is 12.9. The lowest BCUT2D eigenvalue weighted by Gasteiger charge is -2.25. The van der Waals surface area contributed by atoms with E-state index in [0.29, 0.717) is 6.42 Å². The summed E-state index contributed by atoms with van der Waals surface area (Å²) in [5, 5.41) is 16.1. The van der Waals surface area contributed by atoms with E-state index in [2.05, 4.69) is 16.0 Å². The highest BCUT2D eigenvalue weighted by atomic mass is 16.5. The monoisotopic (exact) mass is 506 g/mol. The standard InChI is InChI=1S/C24H34N4O8/c1-15(29)25-16(9-6-7-11-20(31)32)21(33)27-17-10-8-12-28(22(17)34)14-19(30)26-18(23(35)36-5)13-24(2,3)4/h7-8,10-12,16,18H,6,9,13-14H2,1-5H3,(H,25,29)(H,26,30)(H,27,33)(H,31,32)/b11-7+/t16?,18-/m0/s1. The summed E-state index contributed by atoms with van der Waals surface area (Å²) < 4.78 is 5.83. The Morgan fingerprint density at radius 3 is 2.36 bits per heavy atom. The molecule has 0 saturated carbocycles. The SMILES string of the molecule is COC(=O)[C@H](CC(C)(C)C)NC(=O)Cn1cccc(NC(=O)C(CC/C=C/C(=O)O)NC(C)=O)c1=O. The second-order valence-electron chi connectivity index (χ2n) is 9.32. The zero-order chi connectivity index (χ0) is 27.5. The summed E-state index contributed by atoms with van der Waals surface area (Å²) in [4.78, 5) is 72.3. The fourth-order valence-electron chi connectivity index (χ4n) is 3.28. The van der Waals surface area contributed by atoms with Crippen molar-refractivity contribution in [2.24, 2.45) is 5.41 Å². The van der Waals surface area contributed by atoms with E-state index < -0.39 is 53.8 Å². The average Bonchev–Trinajstić information content (AvgIpc) is 2.76. The molecule has 1 heterocycles. The van der Waals surface area contributed by atoms with Gasteiger partial charge in [-0.25, -0.2) is 9.59 Å². The summed E-state index contributed by atoms with van der Waals surface area (Å²) in [5.41, 5.74) is -1.06. The third-order valence-corrected chi connectivity index (χ3v) is 4.81. The molecule has 0 spiro atoms. The summed E-state index contributed by atoms with van der Waals surface area (Å²) in [6.07, 6.45) is 4.25. The Bertz CT molecular complexity index is 1050. The summed E-state index contributed by atoms with van der Waals surface area (Å²) in [5.74, 6) is -3.49. The Kier molecular flexibility index (Phi) is 11.5. The molecule has 3 amide bonds. The number of hydrogen-bond acceptors (Lipinski definition) is 7. The number of ether oxygens (including phenoxy) is 1. The number of nitrogens with zero attached hydrogens (tertiary/aromatic N) is 1. The van der Waals surface area contributed by atoms with Crippen molar-refractivity contribution in [2.45, 2.75) is 65.6 Å². The van der Waals surface area contributed by atoms with Gasteiger partial charge in [0.2, 0.25) is 17.7 Å². The molecule has 0 aliphatic carbocycles. The molecule has 0 aromatic carbocycles. The molecule has 0 bridgehead atoms. The number of aromatic nitrogens is 1. The first-order valence-electron chi connectivity index (χ1n) is 11.3. The summed E-state index contributed by atoms with van der Waals surface area (Å²) >= 11 is 0. The molecular weight excluding hydrogens is 472 g/mol. The van der Waals surface area contributed by atoms with Crippen LogP contribution < -0.4 is 21.5 Å². The van der Waals surface area contributed by atoms with Crippen LogP contribution in [0.2, 0.25) is 0 Å². The molecule has 4 N–H and O–H groups in total. The Morgan fingerprint density at radius 1 is 1.14 bits per heavy atom. The van der Waals surface area contributed by atoms with Crippen molar-refractivity contribution in [1.82, 2.24) is 15.2 Å². The van der Waals surface area contributed by atoms with E-state index in [1.165, 1.54) is 38.4 Å². The zero-order valence-corrected chi connectivity index (χ0v) is 21.1. The van der Waals surface area contributed by atoms with Crippen molar-refractivity contribution < 1.29 is 33.8 Å². The number of carbonyl (C=O) groups excluding carboxylic acids is 4. The first-order valence-corrected chi connectivity index (χ1v) is 11.3. The van der Waals surface area contributed by atoms with Crippen molar-refractivity contribution in [3.8, 4) is 0 Å². The molecule has 2 atom stereocenters. The molecule has 0 fully saturated rings. The number of methoxy groups -OCH3 is 1. The lowest BCUT2D eigenvalue weighted by Crippen LogP contribution is -2.46. The van der Waals surface area contributed by atoms with E-state index in [4.69, 9.17) is 9.84 Å². The molecule has 0 saturated heterocycles.